The van der Waals surface area contributed by atoms with Crippen LogP contribution in [-0.2, 0) is 0 Å². The summed E-state index contributed by atoms with van der Waals surface area (Å²) in [5.41, 5.74) is -0.507. The Labute approximate surface area is 179 Å². The van der Waals surface area contributed by atoms with Gasteiger partial charge in [-0.2, -0.15) is 0 Å². The number of carbonyl (C=O) groups excluding carboxylic acids is 1. The Morgan fingerprint density at radius 3 is 2.10 bits per heavy atom. The highest BCUT2D eigenvalue weighted by Crippen LogP contribution is 2.33. The van der Waals surface area contributed by atoms with Crippen molar-refractivity contribution in [1.29, 1.82) is 0 Å². The predicted octanol–water partition coefficient (Wildman–Crippen LogP) is 4.39. The van der Waals surface area contributed by atoms with Gasteiger partial charge in [0.15, 0.2) is 28.4 Å². The molecule has 3 rings (SSSR count). The predicted molar refractivity (Wildman–Crippen MR) is 107 cm³/mol. The normalized spacial score (nSPS) is 14.1. The average Bonchev–Trinajstić information content (AvgIpc) is 2.71. The third-order valence-corrected chi connectivity index (χ3v) is 5.30. The standard InChI is InChI=1S/C18H13Cl2F4N3OS/c19-10-3-1-2-9(8-10)17(28)25-18(29)27-6-4-26(5-7-27)16-14(23)12(21)11(20)13(22)15(16)24/h1-3,8H,4-7H2,(H,25,28,29). The first kappa shape index (κ1) is 21.6. The van der Waals surface area contributed by atoms with Gasteiger partial charge in [0, 0.05) is 36.8 Å². The highest BCUT2D eigenvalue weighted by Gasteiger charge is 2.30. The SMILES string of the molecule is O=C(NC(=S)N1CCN(c2c(F)c(F)c(Cl)c(F)c2F)CC1)c1cccc(Cl)c1. The van der Waals surface area contributed by atoms with Crippen LogP contribution in [0.2, 0.25) is 10.0 Å². The summed E-state index contributed by atoms with van der Waals surface area (Å²) in [6, 6.07) is 6.28. The van der Waals surface area contributed by atoms with E-state index in [1.54, 1.807) is 23.1 Å². The molecular formula is C18H13Cl2F4N3OS. The lowest BCUT2D eigenvalue weighted by atomic mass is 10.2. The lowest BCUT2D eigenvalue weighted by Gasteiger charge is -2.37. The van der Waals surface area contributed by atoms with Crippen LogP contribution in [0.1, 0.15) is 10.4 Å². The van der Waals surface area contributed by atoms with Crippen LogP contribution in [0, 0.1) is 23.3 Å². The van der Waals surface area contributed by atoms with Gasteiger partial charge in [0.25, 0.3) is 5.91 Å². The number of rotatable bonds is 2. The first-order valence-corrected chi connectivity index (χ1v) is 9.49. The molecule has 1 aliphatic rings. The van der Waals surface area contributed by atoms with Gasteiger partial charge in [0.2, 0.25) is 0 Å². The highest BCUT2D eigenvalue weighted by molar-refractivity contribution is 7.80. The monoisotopic (exact) mass is 465 g/mol. The lowest BCUT2D eigenvalue weighted by Crippen LogP contribution is -2.53. The molecule has 1 saturated heterocycles. The van der Waals surface area contributed by atoms with Crippen molar-refractivity contribution in [1.82, 2.24) is 10.2 Å². The first-order valence-electron chi connectivity index (χ1n) is 8.33. The Morgan fingerprint density at radius 2 is 1.55 bits per heavy atom. The zero-order valence-electron chi connectivity index (χ0n) is 14.6. The van der Waals surface area contributed by atoms with Crippen LogP contribution in [0.15, 0.2) is 24.3 Å². The van der Waals surface area contributed by atoms with Crippen LogP contribution in [0.25, 0.3) is 0 Å². The van der Waals surface area contributed by atoms with Crippen LogP contribution in [0.3, 0.4) is 0 Å². The molecule has 0 unspecified atom stereocenters. The number of thiocarbonyl (C=S) groups is 1. The van der Waals surface area contributed by atoms with E-state index in [4.69, 9.17) is 35.4 Å². The van der Waals surface area contributed by atoms with Gasteiger partial charge < -0.3 is 9.80 Å². The molecule has 29 heavy (non-hydrogen) atoms. The number of amides is 1. The second-order valence-corrected chi connectivity index (χ2v) is 7.36. The number of benzene rings is 2. The Kier molecular flexibility index (Phi) is 6.50. The minimum atomic E-state index is -1.65. The van der Waals surface area contributed by atoms with Gasteiger partial charge in [-0.1, -0.05) is 29.3 Å². The van der Waals surface area contributed by atoms with Crippen molar-refractivity contribution in [3.63, 3.8) is 0 Å². The van der Waals surface area contributed by atoms with E-state index in [9.17, 15) is 22.4 Å². The largest absolute Gasteiger partial charge is 0.363 e. The Balaban J connectivity index is 1.67. The topological polar surface area (TPSA) is 35.6 Å². The van der Waals surface area contributed by atoms with Gasteiger partial charge in [-0.25, -0.2) is 17.6 Å². The van der Waals surface area contributed by atoms with Gasteiger partial charge in [-0.05, 0) is 30.4 Å². The van der Waals surface area contributed by atoms with Crippen molar-refractivity contribution in [3.8, 4) is 0 Å². The molecule has 11 heteroatoms. The Morgan fingerprint density at radius 1 is 0.966 bits per heavy atom. The molecular weight excluding hydrogens is 453 g/mol. The molecule has 2 aromatic carbocycles. The fourth-order valence-electron chi connectivity index (χ4n) is 2.88. The minimum absolute atomic E-state index is 0.0154. The van der Waals surface area contributed by atoms with Crippen LogP contribution < -0.4 is 10.2 Å². The molecule has 0 bridgehead atoms. The molecule has 1 aliphatic heterocycles. The first-order chi connectivity index (χ1) is 13.7. The molecule has 0 atom stereocenters. The molecule has 0 radical (unpaired) electrons. The summed E-state index contributed by atoms with van der Waals surface area (Å²) < 4.78 is 55.6. The molecule has 4 nitrogen and oxygen atoms in total. The summed E-state index contributed by atoms with van der Waals surface area (Å²) >= 11 is 16.3. The smallest absolute Gasteiger partial charge is 0.257 e. The number of hydrogen-bond donors (Lipinski definition) is 1. The molecule has 154 valence electrons. The van der Waals surface area contributed by atoms with Gasteiger partial charge in [0.1, 0.15) is 10.7 Å². The van der Waals surface area contributed by atoms with E-state index in [0.29, 0.717) is 10.6 Å². The number of piperazine rings is 1. The Bertz CT molecular complexity index is 955. The average molecular weight is 466 g/mol. The number of anilines is 1. The zero-order chi connectivity index (χ0) is 21.3. The summed E-state index contributed by atoms with van der Waals surface area (Å²) in [6.45, 7) is 0.363. The molecule has 1 fully saturated rings. The zero-order valence-corrected chi connectivity index (χ0v) is 16.9. The number of hydrogen-bond acceptors (Lipinski definition) is 3. The van der Waals surface area contributed by atoms with E-state index in [1.807, 2.05) is 0 Å². The second kappa shape index (κ2) is 8.73. The van der Waals surface area contributed by atoms with Crippen molar-refractivity contribution in [2.24, 2.45) is 0 Å². The molecule has 1 N–H and O–H groups in total. The summed E-state index contributed by atoms with van der Waals surface area (Å²) in [5, 5.41) is 1.83. The fourth-order valence-corrected chi connectivity index (χ4v) is 3.51. The van der Waals surface area contributed by atoms with Crippen molar-refractivity contribution in [2.45, 2.75) is 0 Å². The van der Waals surface area contributed by atoms with E-state index in [2.05, 4.69) is 5.32 Å². The van der Waals surface area contributed by atoms with Gasteiger partial charge in [0.05, 0.1) is 0 Å². The summed E-state index contributed by atoms with van der Waals surface area (Å²) in [5.74, 6) is -6.86. The van der Waals surface area contributed by atoms with E-state index in [0.717, 1.165) is 4.90 Å². The third kappa shape index (κ3) is 4.41. The van der Waals surface area contributed by atoms with E-state index in [-0.39, 0.29) is 31.3 Å². The van der Waals surface area contributed by atoms with Gasteiger partial charge in [-0.3, -0.25) is 10.1 Å². The van der Waals surface area contributed by atoms with E-state index < -0.39 is 39.9 Å². The van der Waals surface area contributed by atoms with Crippen molar-refractivity contribution >= 4 is 52.1 Å². The fraction of sp³-hybridized carbons (Fsp3) is 0.222. The summed E-state index contributed by atoms with van der Waals surface area (Å²) in [4.78, 5) is 15.0. The van der Waals surface area contributed by atoms with Crippen LogP contribution in [0.5, 0.6) is 0 Å². The Hall–Kier alpha value is -2.10. The number of carbonyl (C=O) groups is 1. The second-order valence-electron chi connectivity index (χ2n) is 6.16. The maximum absolute atomic E-state index is 14.1. The van der Waals surface area contributed by atoms with Crippen molar-refractivity contribution < 1.29 is 22.4 Å². The number of nitrogens with one attached hydrogen (secondary N) is 1. The molecule has 0 saturated carbocycles. The maximum atomic E-state index is 14.1. The summed E-state index contributed by atoms with van der Waals surface area (Å²) in [7, 11) is 0. The number of halogens is 6. The minimum Gasteiger partial charge on any atom is -0.363 e. The molecule has 2 aromatic rings. The quantitative estimate of drug-likeness (QED) is 0.309. The highest BCUT2D eigenvalue weighted by atomic mass is 35.5. The molecule has 0 spiro atoms. The van der Waals surface area contributed by atoms with Crippen LogP contribution in [0.4, 0.5) is 23.2 Å². The maximum Gasteiger partial charge on any atom is 0.257 e. The molecule has 0 aliphatic carbocycles. The van der Waals surface area contributed by atoms with Gasteiger partial charge >= 0.3 is 0 Å². The lowest BCUT2D eigenvalue weighted by molar-refractivity contribution is 0.0973. The van der Waals surface area contributed by atoms with Crippen LogP contribution in [-0.4, -0.2) is 42.1 Å². The van der Waals surface area contributed by atoms with Crippen LogP contribution >= 0.6 is 35.4 Å². The molecule has 1 amide bonds. The third-order valence-electron chi connectivity index (χ3n) is 4.38. The van der Waals surface area contributed by atoms with Gasteiger partial charge in [-0.15, -0.1) is 0 Å². The van der Waals surface area contributed by atoms with E-state index >= 15 is 0 Å². The summed E-state index contributed by atoms with van der Waals surface area (Å²) in [6.07, 6.45) is 0. The number of nitrogens with zero attached hydrogens (tertiary/aromatic N) is 2. The van der Waals surface area contributed by atoms with Crippen molar-refractivity contribution in [2.75, 3.05) is 31.1 Å². The molecule has 0 aromatic heterocycles. The van der Waals surface area contributed by atoms with Crippen molar-refractivity contribution in [3.05, 3.63) is 63.1 Å². The molecule has 1 heterocycles. The van der Waals surface area contributed by atoms with E-state index in [1.165, 1.54) is 6.07 Å².